The van der Waals surface area contributed by atoms with Crippen LogP contribution in [0.2, 0.25) is 0 Å². The number of rotatable bonds is 6. The largest absolute Gasteiger partial charge is 0.370 e. The van der Waals surface area contributed by atoms with Gasteiger partial charge in [-0.25, -0.2) is 0 Å². The van der Waals surface area contributed by atoms with Crippen molar-refractivity contribution in [1.82, 2.24) is 10.6 Å². The number of hydrogen-bond donors (Lipinski definition) is 3. The predicted octanol–water partition coefficient (Wildman–Crippen LogP) is 1.37. The summed E-state index contributed by atoms with van der Waals surface area (Å²) < 4.78 is 0. The lowest BCUT2D eigenvalue weighted by Gasteiger charge is -2.12. The Labute approximate surface area is 126 Å². The highest BCUT2D eigenvalue weighted by atomic mass is 127. The quantitative estimate of drug-likeness (QED) is 0.376. The second-order valence-corrected chi connectivity index (χ2v) is 4.49. The van der Waals surface area contributed by atoms with Gasteiger partial charge in [-0.15, -0.1) is 24.0 Å². The number of nitrogens with one attached hydrogen (secondary N) is 2. The maximum absolute atomic E-state index is 11.6. The summed E-state index contributed by atoms with van der Waals surface area (Å²) in [5, 5.41) is 5.98. The molecular formula is C12H25IN4O. The number of guanidine groups is 1. The summed E-state index contributed by atoms with van der Waals surface area (Å²) in [5.41, 5.74) is 5.62. The lowest BCUT2D eigenvalue weighted by molar-refractivity contribution is -0.121. The van der Waals surface area contributed by atoms with Gasteiger partial charge in [0.1, 0.15) is 0 Å². The van der Waals surface area contributed by atoms with Crippen molar-refractivity contribution in [2.45, 2.75) is 51.5 Å². The van der Waals surface area contributed by atoms with Crippen LogP contribution in [0.4, 0.5) is 0 Å². The van der Waals surface area contributed by atoms with Gasteiger partial charge in [0.2, 0.25) is 5.91 Å². The first-order valence-electron chi connectivity index (χ1n) is 6.55. The highest BCUT2D eigenvalue weighted by molar-refractivity contribution is 14.0. The number of hydrogen-bond acceptors (Lipinski definition) is 2. The molecule has 1 saturated carbocycles. The molecule has 0 aromatic carbocycles. The van der Waals surface area contributed by atoms with E-state index in [0.29, 0.717) is 25.0 Å². The van der Waals surface area contributed by atoms with Crippen LogP contribution < -0.4 is 16.4 Å². The topological polar surface area (TPSA) is 79.5 Å². The molecule has 1 rings (SSSR count). The van der Waals surface area contributed by atoms with Gasteiger partial charge in [0, 0.05) is 25.6 Å². The third-order valence-electron chi connectivity index (χ3n) is 2.88. The van der Waals surface area contributed by atoms with Crippen LogP contribution in [0.5, 0.6) is 0 Å². The summed E-state index contributed by atoms with van der Waals surface area (Å²) in [6.45, 7) is 3.33. The Hall–Kier alpha value is -0.530. The van der Waals surface area contributed by atoms with Crippen molar-refractivity contribution in [2.75, 3.05) is 13.1 Å². The van der Waals surface area contributed by atoms with Gasteiger partial charge >= 0.3 is 0 Å². The van der Waals surface area contributed by atoms with Crippen LogP contribution in [0.15, 0.2) is 4.99 Å². The molecule has 1 aliphatic carbocycles. The van der Waals surface area contributed by atoms with Crippen molar-refractivity contribution in [3.8, 4) is 0 Å². The Balaban J connectivity index is 0.00000289. The van der Waals surface area contributed by atoms with Crippen LogP contribution in [0.3, 0.4) is 0 Å². The second kappa shape index (κ2) is 10.4. The minimum absolute atomic E-state index is 0. The molecule has 1 aliphatic rings. The minimum atomic E-state index is 0. The predicted molar refractivity (Wildman–Crippen MR) is 85.2 cm³/mol. The number of nitrogens with two attached hydrogens (primary N) is 1. The average Bonchev–Trinajstić information content (AvgIpc) is 2.79. The molecule has 18 heavy (non-hydrogen) atoms. The fourth-order valence-electron chi connectivity index (χ4n) is 1.96. The van der Waals surface area contributed by atoms with Crippen LogP contribution in [-0.2, 0) is 4.79 Å². The Morgan fingerprint density at radius 3 is 2.67 bits per heavy atom. The lowest BCUT2D eigenvalue weighted by atomic mass is 10.2. The summed E-state index contributed by atoms with van der Waals surface area (Å²) in [7, 11) is 0. The zero-order valence-electron chi connectivity index (χ0n) is 11.1. The van der Waals surface area contributed by atoms with Crippen LogP contribution in [0.25, 0.3) is 0 Å². The van der Waals surface area contributed by atoms with Crippen molar-refractivity contribution in [3.63, 3.8) is 0 Å². The van der Waals surface area contributed by atoms with Crippen molar-refractivity contribution in [2.24, 2.45) is 10.7 Å². The van der Waals surface area contributed by atoms with Crippen LogP contribution >= 0.6 is 24.0 Å². The van der Waals surface area contributed by atoms with Gasteiger partial charge in [-0.05, 0) is 19.3 Å². The van der Waals surface area contributed by atoms with E-state index >= 15 is 0 Å². The van der Waals surface area contributed by atoms with Gasteiger partial charge in [0.05, 0.1) is 0 Å². The molecule has 1 fully saturated rings. The number of carbonyl (C=O) groups excluding carboxylic acids is 1. The molecule has 0 aromatic heterocycles. The van der Waals surface area contributed by atoms with Gasteiger partial charge in [-0.2, -0.15) is 0 Å². The molecule has 1 amide bonds. The Bertz CT molecular complexity index is 265. The standard InChI is InChI=1S/C12H24N4O.HI/c1-2-8-14-12(13)15-9-7-11(17)16-10-5-3-4-6-10;/h10H,2-9H2,1H3,(H,16,17)(H3,13,14,15);1H. The van der Waals surface area contributed by atoms with Crippen LogP contribution in [-0.4, -0.2) is 31.0 Å². The molecule has 0 heterocycles. The summed E-state index contributed by atoms with van der Waals surface area (Å²) in [5.74, 6) is 0.535. The van der Waals surface area contributed by atoms with Crippen molar-refractivity contribution >= 4 is 35.8 Å². The zero-order chi connectivity index (χ0) is 12.5. The Morgan fingerprint density at radius 1 is 1.39 bits per heavy atom. The molecule has 0 radical (unpaired) electrons. The highest BCUT2D eigenvalue weighted by Crippen LogP contribution is 2.17. The third kappa shape index (κ3) is 7.73. The first kappa shape index (κ1) is 17.5. The second-order valence-electron chi connectivity index (χ2n) is 4.49. The number of carbonyl (C=O) groups is 1. The Morgan fingerprint density at radius 2 is 2.06 bits per heavy atom. The molecule has 0 atom stereocenters. The molecule has 0 saturated heterocycles. The summed E-state index contributed by atoms with van der Waals surface area (Å²) in [4.78, 5) is 15.7. The van der Waals surface area contributed by atoms with E-state index in [1.807, 2.05) is 6.92 Å². The first-order valence-corrected chi connectivity index (χ1v) is 6.55. The summed E-state index contributed by atoms with van der Waals surface area (Å²) in [6.07, 6.45) is 6.15. The van der Waals surface area contributed by atoms with E-state index in [1.165, 1.54) is 12.8 Å². The minimum Gasteiger partial charge on any atom is -0.370 e. The maximum atomic E-state index is 11.6. The van der Waals surface area contributed by atoms with Crippen LogP contribution in [0, 0.1) is 0 Å². The van der Waals surface area contributed by atoms with E-state index < -0.39 is 0 Å². The molecule has 0 unspecified atom stereocenters. The van der Waals surface area contributed by atoms with Crippen molar-refractivity contribution < 1.29 is 4.79 Å². The molecule has 0 aliphatic heterocycles. The number of aliphatic imine (C=N–C) groups is 1. The number of halogens is 1. The first-order chi connectivity index (χ1) is 8.22. The molecule has 6 heteroatoms. The molecule has 106 valence electrons. The summed E-state index contributed by atoms with van der Waals surface area (Å²) in [6, 6.07) is 0.397. The van der Waals surface area contributed by atoms with Gasteiger partial charge in [0.25, 0.3) is 0 Å². The molecule has 4 N–H and O–H groups in total. The maximum Gasteiger partial charge on any atom is 0.221 e. The van der Waals surface area contributed by atoms with Gasteiger partial charge < -0.3 is 16.4 Å². The van der Waals surface area contributed by atoms with E-state index in [1.54, 1.807) is 0 Å². The van der Waals surface area contributed by atoms with E-state index in [-0.39, 0.29) is 29.9 Å². The third-order valence-corrected chi connectivity index (χ3v) is 2.88. The normalized spacial score (nSPS) is 16.2. The fraction of sp³-hybridized carbons (Fsp3) is 0.833. The molecule has 0 bridgehead atoms. The van der Waals surface area contributed by atoms with Crippen molar-refractivity contribution in [1.29, 1.82) is 0 Å². The fourth-order valence-corrected chi connectivity index (χ4v) is 1.96. The van der Waals surface area contributed by atoms with Crippen molar-refractivity contribution in [3.05, 3.63) is 0 Å². The monoisotopic (exact) mass is 368 g/mol. The molecular weight excluding hydrogens is 343 g/mol. The van der Waals surface area contributed by atoms with E-state index in [9.17, 15) is 4.79 Å². The smallest absolute Gasteiger partial charge is 0.221 e. The van der Waals surface area contributed by atoms with Gasteiger partial charge in [0.15, 0.2) is 5.96 Å². The van der Waals surface area contributed by atoms with E-state index in [2.05, 4.69) is 15.6 Å². The van der Waals surface area contributed by atoms with E-state index in [4.69, 9.17) is 5.73 Å². The average molecular weight is 368 g/mol. The zero-order valence-corrected chi connectivity index (χ0v) is 13.4. The highest BCUT2D eigenvalue weighted by Gasteiger charge is 2.16. The molecule has 5 nitrogen and oxygen atoms in total. The molecule has 0 spiro atoms. The number of nitrogens with zero attached hydrogens (tertiary/aromatic N) is 1. The Kier molecular flexibility index (Phi) is 10.1. The van der Waals surface area contributed by atoms with Gasteiger partial charge in [-0.1, -0.05) is 19.8 Å². The van der Waals surface area contributed by atoms with Gasteiger partial charge in [-0.3, -0.25) is 9.79 Å². The SMILES string of the molecule is CCCN=C(N)NCCC(=O)NC1CCCC1.I. The molecule has 0 aromatic rings. The van der Waals surface area contributed by atoms with Crippen LogP contribution in [0.1, 0.15) is 45.4 Å². The van der Waals surface area contributed by atoms with E-state index in [0.717, 1.165) is 25.8 Å². The summed E-state index contributed by atoms with van der Waals surface area (Å²) >= 11 is 0. The lowest BCUT2D eigenvalue weighted by Crippen LogP contribution is -2.37. The number of amides is 1.